The molecule has 1 heterocycles. The Bertz CT molecular complexity index is 1350. The highest BCUT2D eigenvalue weighted by molar-refractivity contribution is 6.09. The normalized spacial score (nSPS) is 16.2. The fraction of sp³-hybridized carbons (Fsp3) is 0.323. The van der Waals surface area contributed by atoms with Gasteiger partial charge in [0.25, 0.3) is 5.91 Å². The average Bonchev–Trinajstić information content (AvgIpc) is 2.93. The Morgan fingerprint density at radius 3 is 2.50 bits per heavy atom. The van der Waals surface area contributed by atoms with Crippen LogP contribution in [0.4, 0.5) is 18.9 Å². The monoisotopic (exact) mass is 520 g/mol. The molecule has 3 aromatic rings. The van der Waals surface area contributed by atoms with Crippen molar-refractivity contribution in [1.82, 2.24) is 4.90 Å². The molecule has 198 valence electrons. The highest BCUT2D eigenvalue weighted by Gasteiger charge is 2.30. The number of allylic oxidation sites excluding steroid dienone is 1. The van der Waals surface area contributed by atoms with Gasteiger partial charge >= 0.3 is 6.18 Å². The summed E-state index contributed by atoms with van der Waals surface area (Å²) in [6, 6.07) is 19.3. The zero-order chi connectivity index (χ0) is 26.7. The van der Waals surface area contributed by atoms with Gasteiger partial charge in [-0.1, -0.05) is 30.3 Å². The van der Waals surface area contributed by atoms with Gasteiger partial charge in [0, 0.05) is 30.9 Å². The van der Waals surface area contributed by atoms with Crippen molar-refractivity contribution in [2.24, 2.45) is 0 Å². The lowest BCUT2D eigenvalue weighted by atomic mass is 9.86. The van der Waals surface area contributed by atoms with Gasteiger partial charge in [-0.05, 0) is 96.3 Å². The number of nitrogens with one attached hydrogen (secondary N) is 1. The highest BCUT2D eigenvalue weighted by Crippen LogP contribution is 2.35. The molecule has 3 aromatic carbocycles. The third kappa shape index (κ3) is 5.94. The summed E-state index contributed by atoms with van der Waals surface area (Å²) < 4.78 is 44.3. The minimum Gasteiger partial charge on any atom is -0.497 e. The number of carbonyl (C=O) groups is 1. The van der Waals surface area contributed by atoms with Crippen molar-refractivity contribution in [3.8, 4) is 5.75 Å². The molecule has 0 radical (unpaired) electrons. The molecule has 7 heteroatoms. The van der Waals surface area contributed by atoms with Crippen LogP contribution in [0.3, 0.4) is 0 Å². The number of benzene rings is 3. The second kappa shape index (κ2) is 11.0. The van der Waals surface area contributed by atoms with Crippen LogP contribution in [-0.4, -0.2) is 24.5 Å². The number of methoxy groups -OCH3 is 1. The zero-order valence-electron chi connectivity index (χ0n) is 21.4. The van der Waals surface area contributed by atoms with E-state index in [1.165, 1.54) is 28.8 Å². The summed E-state index contributed by atoms with van der Waals surface area (Å²) in [6.07, 6.45) is -0.382. The molecule has 0 unspecified atom stereocenters. The number of halogens is 3. The standard InChI is InChI=1S/C31H31F3N2O2/c1-38-27-6-4-5-21(17-27)19-36-16-15-23-18-26(14-11-24(23)20-36)35-30(37)29-8-3-2-7-28(29)22-9-12-25(13-10-22)31(32,33)34/h4-6,9-14,17-18H,2-3,7-8,15-16,19-20H2,1H3,(H,35,37). The predicted molar refractivity (Wildman–Crippen MR) is 143 cm³/mol. The number of ether oxygens (including phenoxy) is 1. The van der Waals surface area contributed by atoms with Gasteiger partial charge in [-0.25, -0.2) is 0 Å². The van der Waals surface area contributed by atoms with E-state index in [1.54, 1.807) is 7.11 Å². The van der Waals surface area contributed by atoms with E-state index in [0.717, 1.165) is 68.0 Å². The minimum atomic E-state index is -4.38. The minimum absolute atomic E-state index is 0.171. The predicted octanol–water partition coefficient (Wildman–Crippen LogP) is 7.24. The van der Waals surface area contributed by atoms with Crippen LogP contribution in [0.2, 0.25) is 0 Å². The lowest BCUT2D eigenvalue weighted by molar-refractivity contribution is -0.137. The third-order valence-electron chi connectivity index (χ3n) is 7.40. The maximum Gasteiger partial charge on any atom is 0.416 e. The summed E-state index contributed by atoms with van der Waals surface area (Å²) >= 11 is 0. The van der Waals surface area contributed by atoms with Gasteiger partial charge in [-0.3, -0.25) is 9.69 Å². The summed E-state index contributed by atoms with van der Waals surface area (Å²) in [5.74, 6) is 0.685. The number of nitrogens with zero attached hydrogens (tertiary/aromatic N) is 1. The van der Waals surface area contributed by atoms with Gasteiger partial charge in [0.15, 0.2) is 0 Å². The summed E-state index contributed by atoms with van der Waals surface area (Å²) in [4.78, 5) is 15.7. The first-order chi connectivity index (χ1) is 18.3. The van der Waals surface area contributed by atoms with E-state index in [2.05, 4.69) is 34.5 Å². The molecule has 0 aromatic heterocycles. The van der Waals surface area contributed by atoms with E-state index in [-0.39, 0.29) is 5.91 Å². The van der Waals surface area contributed by atoms with Crippen molar-refractivity contribution < 1.29 is 22.7 Å². The number of hydrogen-bond acceptors (Lipinski definition) is 3. The zero-order valence-corrected chi connectivity index (χ0v) is 21.4. The first-order valence-electron chi connectivity index (χ1n) is 13.0. The van der Waals surface area contributed by atoms with Crippen LogP contribution in [0.5, 0.6) is 5.75 Å². The Morgan fingerprint density at radius 2 is 1.74 bits per heavy atom. The molecular weight excluding hydrogens is 489 g/mol. The van der Waals surface area contributed by atoms with Gasteiger partial charge in [-0.2, -0.15) is 13.2 Å². The Hall–Kier alpha value is -3.58. The molecule has 0 saturated heterocycles. The van der Waals surface area contributed by atoms with Crippen LogP contribution in [0.25, 0.3) is 5.57 Å². The number of alkyl halides is 3. The van der Waals surface area contributed by atoms with E-state index in [9.17, 15) is 18.0 Å². The molecule has 5 rings (SSSR count). The Balaban J connectivity index is 1.28. The number of amides is 1. The molecule has 0 saturated carbocycles. The molecular formula is C31H31F3N2O2. The van der Waals surface area contributed by atoms with Crippen LogP contribution in [-0.2, 0) is 30.5 Å². The van der Waals surface area contributed by atoms with Crippen LogP contribution in [0, 0.1) is 0 Å². The van der Waals surface area contributed by atoms with Crippen LogP contribution in [0.15, 0.2) is 72.3 Å². The van der Waals surface area contributed by atoms with E-state index >= 15 is 0 Å². The molecule has 0 spiro atoms. The van der Waals surface area contributed by atoms with E-state index in [4.69, 9.17) is 4.74 Å². The SMILES string of the molecule is COc1cccc(CN2CCc3cc(NC(=O)C4=C(c5ccc(C(F)(F)F)cc5)CCCC4)ccc3C2)c1. The van der Waals surface area contributed by atoms with Gasteiger partial charge in [0.1, 0.15) is 5.75 Å². The van der Waals surface area contributed by atoms with Crippen molar-refractivity contribution in [3.63, 3.8) is 0 Å². The third-order valence-corrected chi connectivity index (χ3v) is 7.40. The lowest BCUT2D eigenvalue weighted by Crippen LogP contribution is -2.30. The molecule has 0 bridgehead atoms. The number of rotatable bonds is 6. The van der Waals surface area contributed by atoms with Crippen molar-refractivity contribution >= 4 is 17.2 Å². The fourth-order valence-electron chi connectivity index (χ4n) is 5.39. The van der Waals surface area contributed by atoms with Crippen molar-refractivity contribution in [2.45, 2.75) is 51.4 Å². The maximum atomic E-state index is 13.3. The number of fused-ring (bicyclic) bond motifs is 1. The molecule has 0 atom stereocenters. The van der Waals surface area contributed by atoms with Crippen molar-refractivity contribution in [1.29, 1.82) is 0 Å². The average molecular weight is 521 g/mol. The Labute approximate surface area is 221 Å². The molecule has 1 aliphatic carbocycles. The van der Waals surface area contributed by atoms with E-state index < -0.39 is 11.7 Å². The topological polar surface area (TPSA) is 41.6 Å². The van der Waals surface area contributed by atoms with Crippen LogP contribution >= 0.6 is 0 Å². The quantitative estimate of drug-likeness (QED) is 0.373. The first-order valence-corrected chi connectivity index (χ1v) is 13.0. The van der Waals surface area contributed by atoms with Crippen LogP contribution in [0.1, 0.15) is 53.5 Å². The molecule has 38 heavy (non-hydrogen) atoms. The van der Waals surface area contributed by atoms with Crippen molar-refractivity contribution in [3.05, 3.63) is 100 Å². The van der Waals surface area contributed by atoms with Gasteiger partial charge < -0.3 is 10.1 Å². The second-order valence-electron chi connectivity index (χ2n) is 9.99. The number of hydrogen-bond donors (Lipinski definition) is 1. The van der Waals surface area contributed by atoms with E-state index in [1.807, 2.05) is 18.2 Å². The van der Waals surface area contributed by atoms with E-state index in [0.29, 0.717) is 24.0 Å². The Kier molecular flexibility index (Phi) is 7.56. The molecule has 2 aliphatic rings. The number of carbonyl (C=O) groups excluding carboxylic acids is 1. The van der Waals surface area contributed by atoms with Gasteiger partial charge in [0.2, 0.25) is 0 Å². The molecule has 1 aliphatic heterocycles. The molecule has 1 N–H and O–H groups in total. The van der Waals surface area contributed by atoms with Crippen molar-refractivity contribution in [2.75, 3.05) is 19.0 Å². The molecule has 0 fully saturated rings. The summed E-state index contributed by atoms with van der Waals surface area (Å²) in [5.41, 5.74) is 5.95. The first kappa shape index (κ1) is 26.0. The molecule has 1 amide bonds. The highest BCUT2D eigenvalue weighted by atomic mass is 19.4. The van der Waals surface area contributed by atoms with Gasteiger partial charge in [-0.15, -0.1) is 0 Å². The largest absolute Gasteiger partial charge is 0.497 e. The second-order valence-corrected chi connectivity index (χ2v) is 9.99. The lowest BCUT2D eigenvalue weighted by Gasteiger charge is -2.29. The maximum absolute atomic E-state index is 13.3. The molecule has 4 nitrogen and oxygen atoms in total. The summed E-state index contributed by atoms with van der Waals surface area (Å²) in [6.45, 7) is 2.60. The van der Waals surface area contributed by atoms with Gasteiger partial charge in [0.05, 0.1) is 12.7 Å². The summed E-state index contributed by atoms with van der Waals surface area (Å²) in [7, 11) is 1.67. The number of anilines is 1. The summed E-state index contributed by atoms with van der Waals surface area (Å²) in [5, 5.41) is 3.06. The van der Waals surface area contributed by atoms with Crippen LogP contribution < -0.4 is 10.1 Å². The fourth-order valence-corrected chi connectivity index (χ4v) is 5.39. The smallest absolute Gasteiger partial charge is 0.416 e. The Morgan fingerprint density at radius 1 is 0.947 bits per heavy atom.